The first kappa shape index (κ1) is 11.2. The number of rotatable bonds is 3. The van der Waals surface area contributed by atoms with E-state index in [1.165, 1.54) is 24.9 Å². The highest BCUT2D eigenvalue weighted by atomic mass is 15.3. The van der Waals surface area contributed by atoms with Gasteiger partial charge in [-0.2, -0.15) is 5.10 Å². The van der Waals surface area contributed by atoms with Crippen LogP contribution in [-0.4, -0.2) is 39.9 Å². The number of aromatic nitrogens is 2. The van der Waals surface area contributed by atoms with E-state index in [0.717, 1.165) is 25.0 Å². The summed E-state index contributed by atoms with van der Waals surface area (Å²) in [6, 6.07) is 1.35. The molecular weight excluding hydrogens is 212 g/mol. The fourth-order valence-electron chi connectivity index (χ4n) is 2.77. The van der Waals surface area contributed by atoms with Crippen LogP contribution in [0.1, 0.15) is 25.3 Å². The molecule has 1 aromatic heterocycles. The number of hydrogen-bond acceptors (Lipinski definition) is 3. The van der Waals surface area contributed by atoms with Gasteiger partial charge in [-0.1, -0.05) is 0 Å². The maximum absolute atomic E-state index is 4.25. The molecule has 2 atom stereocenters. The zero-order valence-electron chi connectivity index (χ0n) is 10.8. The van der Waals surface area contributed by atoms with Crippen molar-refractivity contribution in [3.8, 4) is 0 Å². The van der Waals surface area contributed by atoms with Crippen molar-refractivity contribution in [2.45, 2.75) is 38.4 Å². The molecule has 1 aliphatic heterocycles. The van der Waals surface area contributed by atoms with Crippen LogP contribution in [-0.2, 0) is 13.6 Å². The highest BCUT2D eigenvalue weighted by Gasteiger charge is 2.35. The van der Waals surface area contributed by atoms with Gasteiger partial charge < -0.3 is 5.32 Å². The van der Waals surface area contributed by atoms with Gasteiger partial charge in [0.25, 0.3) is 0 Å². The van der Waals surface area contributed by atoms with Crippen molar-refractivity contribution < 1.29 is 0 Å². The zero-order chi connectivity index (χ0) is 11.8. The lowest BCUT2D eigenvalue weighted by atomic mass is 10.1. The quantitative estimate of drug-likeness (QED) is 0.847. The molecule has 0 spiro atoms. The van der Waals surface area contributed by atoms with Crippen molar-refractivity contribution in [2.24, 2.45) is 13.0 Å². The van der Waals surface area contributed by atoms with Crippen LogP contribution < -0.4 is 5.32 Å². The van der Waals surface area contributed by atoms with E-state index >= 15 is 0 Å². The lowest BCUT2D eigenvalue weighted by Gasteiger charge is -2.38. The van der Waals surface area contributed by atoms with Crippen molar-refractivity contribution in [1.82, 2.24) is 20.0 Å². The van der Waals surface area contributed by atoms with Gasteiger partial charge >= 0.3 is 0 Å². The van der Waals surface area contributed by atoms with E-state index in [4.69, 9.17) is 0 Å². The average molecular weight is 234 g/mol. The molecule has 0 bridgehead atoms. The minimum absolute atomic E-state index is 0.630. The zero-order valence-corrected chi connectivity index (χ0v) is 10.8. The largest absolute Gasteiger partial charge is 0.311 e. The van der Waals surface area contributed by atoms with Crippen molar-refractivity contribution in [1.29, 1.82) is 0 Å². The van der Waals surface area contributed by atoms with Crippen molar-refractivity contribution in [3.05, 3.63) is 18.0 Å². The monoisotopic (exact) mass is 234 g/mol. The van der Waals surface area contributed by atoms with E-state index in [1.807, 2.05) is 17.9 Å². The number of piperazine rings is 1. The lowest BCUT2D eigenvalue weighted by molar-refractivity contribution is 0.125. The molecule has 94 valence electrons. The number of hydrogen-bond donors (Lipinski definition) is 1. The molecule has 2 unspecified atom stereocenters. The van der Waals surface area contributed by atoms with E-state index < -0.39 is 0 Å². The second kappa shape index (κ2) is 4.42. The maximum atomic E-state index is 4.25. The van der Waals surface area contributed by atoms with Crippen molar-refractivity contribution in [3.63, 3.8) is 0 Å². The van der Waals surface area contributed by atoms with E-state index in [9.17, 15) is 0 Å². The van der Waals surface area contributed by atoms with Crippen molar-refractivity contribution in [2.75, 3.05) is 13.1 Å². The Morgan fingerprint density at radius 3 is 2.94 bits per heavy atom. The Kier molecular flexibility index (Phi) is 2.92. The summed E-state index contributed by atoms with van der Waals surface area (Å²) in [4.78, 5) is 2.59. The van der Waals surface area contributed by atoms with Crippen LogP contribution in [0.15, 0.2) is 12.4 Å². The summed E-state index contributed by atoms with van der Waals surface area (Å²) in [5.41, 5.74) is 1.33. The lowest BCUT2D eigenvalue weighted by Crippen LogP contribution is -2.55. The van der Waals surface area contributed by atoms with E-state index in [-0.39, 0.29) is 0 Å². The fourth-order valence-corrected chi connectivity index (χ4v) is 2.77. The number of aryl methyl sites for hydroxylation is 1. The third-order valence-corrected chi connectivity index (χ3v) is 4.07. The van der Waals surface area contributed by atoms with E-state index in [0.29, 0.717) is 6.04 Å². The maximum Gasteiger partial charge on any atom is 0.0534 e. The van der Waals surface area contributed by atoms with Gasteiger partial charge in [0.05, 0.1) is 6.20 Å². The molecule has 1 aromatic rings. The third-order valence-electron chi connectivity index (χ3n) is 4.07. The molecule has 0 radical (unpaired) electrons. The second-order valence-corrected chi connectivity index (χ2v) is 5.65. The number of nitrogens with one attached hydrogen (secondary N) is 1. The summed E-state index contributed by atoms with van der Waals surface area (Å²) in [7, 11) is 1.98. The summed E-state index contributed by atoms with van der Waals surface area (Å²) >= 11 is 0. The van der Waals surface area contributed by atoms with Gasteiger partial charge in [-0.15, -0.1) is 0 Å². The molecule has 1 N–H and O–H groups in total. The first-order valence-electron chi connectivity index (χ1n) is 6.67. The molecule has 4 heteroatoms. The molecule has 3 rings (SSSR count). The number of nitrogens with zero attached hydrogens (tertiary/aromatic N) is 3. The van der Waals surface area contributed by atoms with Crippen LogP contribution in [0.5, 0.6) is 0 Å². The summed E-state index contributed by atoms with van der Waals surface area (Å²) in [5, 5.41) is 7.94. The predicted molar refractivity (Wildman–Crippen MR) is 67.6 cm³/mol. The summed E-state index contributed by atoms with van der Waals surface area (Å²) in [6.07, 6.45) is 6.96. The molecule has 0 aromatic carbocycles. The molecule has 17 heavy (non-hydrogen) atoms. The summed E-state index contributed by atoms with van der Waals surface area (Å²) in [6.45, 7) is 5.68. The summed E-state index contributed by atoms with van der Waals surface area (Å²) < 4.78 is 1.89. The Labute approximate surface area is 103 Å². The normalized spacial score (nSPS) is 30.7. The third kappa shape index (κ3) is 2.53. The van der Waals surface area contributed by atoms with Gasteiger partial charge in [-0.3, -0.25) is 9.58 Å². The SMILES string of the molecule is CC1CNC(C2CC2)CN1Cc1cnn(C)c1. The Bertz CT molecular complexity index is 383. The van der Waals surface area contributed by atoms with E-state index in [2.05, 4.69) is 28.4 Å². The molecule has 0 amide bonds. The summed E-state index contributed by atoms with van der Waals surface area (Å²) in [5.74, 6) is 0.943. The molecule has 2 fully saturated rings. The molecular formula is C13H22N4. The smallest absolute Gasteiger partial charge is 0.0534 e. The van der Waals surface area contributed by atoms with Gasteiger partial charge in [0.2, 0.25) is 0 Å². The minimum atomic E-state index is 0.630. The van der Waals surface area contributed by atoms with Crippen LogP contribution in [0.3, 0.4) is 0 Å². The Morgan fingerprint density at radius 2 is 2.29 bits per heavy atom. The van der Waals surface area contributed by atoms with Gasteiger partial charge in [-0.05, 0) is 25.7 Å². The standard InChI is InChI=1S/C13H22N4/c1-10-5-14-13(12-3-4-12)9-17(10)8-11-6-15-16(2)7-11/h6-7,10,12-14H,3-5,8-9H2,1-2H3. The van der Waals surface area contributed by atoms with Crippen LogP contribution in [0, 0.1) is 5.92 Å². The Hall–Kier alpha value is -0.870. The molecule has 2 aliphatic rings. The van der Waals surface area contributed by atoms with Gasteiger partial charge in [-0.25, -0.2) is 0 Å². The molecule has 1 saturated carbocycles. The van der Waals surface area contributed by atoms with Gasteiger partial charge in [0.1, 0.15) is 0 Å². The van der Waals surface area contributed by atoms with Crippen LogP contribution in [0.25, 0.3) is 0 Å². The molecule has 1 aliphatic carbocycles. The molecule has 2 heterocycles. The highest BCUT2D eigenvalue weighted by Crippen LogP contribution is 2.34. The van der Waals surface area contributed by atoms with Crippen molar-refractivity contribution >= 4 is 0 Å². The molecule has 1 saturated heterocycles. The van der Waals surface area contributed by atoms with Gasteiger partial charge in [0, 0.05) is 50.5 Å². The first-order chi connectivity index (χ1) is 8.22. The average Bonchev–Trinajstić information content (AvgIpc) is 3.07. The predicted octanol–water partition coefficient (Wildman–Crippen LogP) is 0.992. The Morgan fingerprint density at radius 1 is 1.47 bits per heavy atom. The molecule has 4 nitrogen and oxygen atoms in total. The Balaban J connectivity index is 1.63. The van der Waals surface area contributed by atoms with Crippen LogP contribution in [0.2, 0.25) is 0 Å². The topological polar surface area (TPSA) is 33.1 Å². The minimum Gasteiger partial charge on any atom is -0.311 e. The van der Waals surface area contributed by atoms with Gasteiger partial charge in [0.15, 0.2) is 0 Å². The fraction of sp³-hybridized carbons (Fsp3) is 0.769. The highest BCUT2D eigenvalue weighted by molar-refractivity contribution is 5.05. The first-order valence-corrected chi connectivity index (χ1v) is 6.67. The van der Waals surface area contributed by atoms with E-state index in [1.54, 1.807) is 0 Å². The van der Waals surface area contributed by atoms with Crippen LogP contribution >= 0.6 is 0 Å². The van der Waals surface area contributed by atoms with Crippen LogP contribution in [0.4, 0.5) is 0 Å². The second-order valence-electron chi connectivity index (χ2n) is 5.65.